The molecule has 0 radical (unpaired) electrons. The number of carbonyl (C=O) groups excluding carboxylic acids is 1. The van der Waals surface area contributed by atoms with Gasteiger partial charge in [-0.15, -0.1) is 0 Å². The van der Waals surface area contributed by atoms with Gasteiger partial charge in [-0.1, -0.05) is 37.3 Å². The zero-order chi connectivity index (χ0) is 13.4. The molecule has 0 atom stereocenters. The number of para-hydroxylation sites is 1. The summed E-state index contributed by atoms with van der Waals surface area (Å²) >= 11 is 4.87. The van der Waals surface area contributed by atoms with E-state index in [1.54, 1.807) is 0 Å². The van der Waals surface area contributed by atoms with Gasteiger partial charge in [0, 0.05) is 12.2 Å². The molecule has 0 aliphatic rings. The summed E-state index contributed by atoms with van der Waals surface area (Å²) in [6.45, 7) is 3.65. The number of nitrogens with one attached hydrogen (secondary N) is 1. The van der Waals surface area contributed by atoms with E-state index in [4.69, 9.17) is 18.0 Å². The predicted octanol–water partition coefficient (Wildman–Crippen LogP) is 1.62. The molecule has 1 aromatic carbocycles. The Morgan fingerprint density at radius 1 is 1.33 bits per heavy atom. The summed E-state index contributed by atoms with van der Waals surface area (Å²) in [5.74, 6) is -0.0501. The summed E-state index contributed by atoms with van der Waals surface area (Å²) in [5.41, 5.74) is 6.31. The van der Waals surface area contributed by atoms with Gasteiger partial charge in [0.1, 0.15) is 0 Å². The summed E-state index contributed by atoms with van der Waals surface area (Å²) < 4.78 is 0. The van der Waals surface area contributed by atoms with Gasteiger partial charge < -0.3 is 11.1 Å². The van der Waals surface area contributed by atoms with E-state index in [2.05, 4.69) is 12.2 Å². The number of benzene rings is 1. The molecule has 4 nitrogen and oxygen atoms in total. The van der Waals surface area contributed by atoms with E-state index in [1.165, 1.54) is 0 Å². The number of hydrogen-bond acceptors (Lipinski definition) is 3. The van der Waals surface area contributed by atoms with Gasteiger partial charge in [-0.25, -0.2) is 0 Å². The fourth-order valence-electron chi connectivity index (χ4n) is 1.68. The molecule has 98 valence electrons. The Bertz CT molecular complexity index is 394. The Morgan fingerprint density at radius 2 is 2.00 bits per heavy atom. The number of thiocarbonyl (C=S) groups is 1. The first-order valence-corrected chi connectivity index (χ1v) is 6.38. The first kappa shape index (κ1) is 14.6. The van der Waals surface area contributed by atoms with Crippen molar-refractivity contribution in [2.24, 2.45) is 5.73 Å². The molecule has 18 heavy (non-hydrogen) atoms. The molecule has 0 aliphatic carbocycles. The summed E-state index contributed by atoms with van der Waals surface area (Å²) in [7, 11) is 0. The van der Waals surface area contributed by atoms with Gasteiger partial charge in [0.25, 0.3) is 0 Å². The normalized spacial score (nSPS) is 10.3. The molecule has 1 rings (SSSR count). The molecular formula is C13H19N3OS. The lowest BCUT2D eigenvalue weighted by Crippen LogP contribution is -2.39. The minimum Gasteiger partial charge on any atom is -0.392 e. The summed E-state index contributed by atoms with van der Waals surface area (Å²) in [5, 5.41) is 2.84. The van der Waals surface area contributed by atoms with Crippen molar-refractivity contribution in [2.45, 2.75) is 13.3 Å². The maximum absolute atomic E-state index is 11.8. The third-order valence-electron chi connectivity index (χ3n) is 2.34. The third-order valence-corrected chi connectivity index (χ3v) is 2.47. The molecule has 0 heterocycles. The number of hydrogen-bond donors (Lipinski definition) is 2. The lowest BCUT2D eigenvalue weighted by molar-refractivity contribution is -0.117. The number of nitrogens with zero attached hydrogens (tertiary/aromatic N) is 1. The van der Waals surface area contributed by atoms with Crippen molar-refractivity contribution in [3.63, 3.8) is 0 Å². The maximum Gasteiger partial charge on any atom is 0.238 e. The second kappa shape index (κ2) is 7.79. The highest BCUT2D eigenvalue weighted by Gasteiger charge is 2.10. The molecule has 5 heteroatoms. The Kier molecular flexibility index (Phi) is 6.32. The smallest absolute Gasteiger partial charge is 0.238 e. The molecule has 0 saturated heterocycles. The SMILES string of the molecule is CCCN(CC(=O)Nc1ccccc1)CC(N)=S. The van der Waals surface area contributed by atoms with Crippen LogP contribution in [0.15, 0.2) is 30.3 Å². The number of rotatable bonds is 7. The van der Waals surface area contributed by atoms with Crippen LogP contribution < -0.4 is 11.1 Å². The van der Waals surface area contributed by atoms with Gasteiger partial charge in [0.2, 0.25) is 5.91 Å². The standard InChI is InChI=1S/C13H19N3OS/c1-2-8-16(9-12(14)18)10-13(17)15-11-6-4-3-5-7-11/h3-7H,2,8-10H2,1H3,(H2,14,18)(H,15,17). The quantitative estimate of drug-likeness (QED) is 0.736. The Balaban J connectivity index is 2.48. The number of nitrogens with two attached hydrogens (primary N) is 1. The van der Waals surface area contributed by atoms with Gasteiger partial charge >= 0.3 is 0 Å². The van der Waals surface area contributed by atoms with Crippen LogP contribution in [-0.4, -0.2) is 35.4 Å². The highest BCUT2D eigenvalue weighted by atomic mass is 32.1. The Hall–Kier alpha value is -1.46. The number of amides is 1. The highest BCUT2D eigenvalue weighted by Crippen LogP contribution is 2.05. The van der Waals surface area contributed by atoms with Crippen molar-refractivity contribution < 1.29 is 4.79 Å². The Labute approximate surface area is 113 Å². The maximum atomic E-state index is 11.8. The minimum atomic E-state index is -0.0501. The van der Waals surface area contributed by atoms with E-state index in [0.717, 1.165) is 18.7 Å². The van der Waals surface area contributed by atoms with Crippen LogP contribution >= 0.6 is 12.2 Å². The van der Waals surface area contributed by atoms with E-state index in [1.807, 2.05) is 35.2 Å². The van der Waals surface area contributed by atoms with Crippen LogP contribution in [0.2, 0.25) is 0 Å². The van der Waals surface area contributed by atoms with Gasteiger partial charge in [-0.05, 0) is 25.1 Å². The molecule has 0 unspecified atom stereocenters. The zero-order valence-corrected chi connectivity index (χ0v) is 11.4. The molecule has 0 aliphatic heterocycles. The predicted molar refractivity (Wildman–Crippen MR) is 78.6 cm³/mol. The first-order valence-electron chi connectivity index (χ1n) is 5.97. The topological polar surface area (TPSA) is 58.4 Å². The van der Waals surface area contributed by atoms with Crippen LogP contribution in [0.4, 0.5) is 5.69 Å². The van der Waals surface area contributed by atoms with Crippen molar-refractivity contribution in [2.75, 3.05) is 25.0 Å². The lowest BCUT2D eigenvalue weighted by atomic mass is 10.3. The Morgan fingerprint density at radius 3 is 2.56 bits per heavy atom. The van der Waals surface area contributed by atoms with Gasteiger partial charge in [0.05, 0.1) is 11.5 Å². The van der Waals surface area contributed by atoms with Gasteiger partial charge in [-0.2, -0.15) is 0 Å². The van der Waals surface area contributed by atoms with Crippen molar-refractivity contribution in [3.05, 3.63) is 30.3 Å². The second-order valence-electron chi connectivity index (χ2n) is 4.09. The molecule has 0 fully saturated rings. The van der Waals surface area contributed by atoms with E-state index in [0.29, 0.717) is 18.1 Å². The first-order chi connectivity index (χ1) is 8.61. The van der Waals surface area contributed by atoms with Crippen LogP contribution in [0.5, 0.6) is 0 Å². The highest BCUT2D eigenvalue weighted by molar-refractivity contribution is 7.80. The van der Waals surface area contributed by atoms with Crippen LogP contribution in [0, 0.1) is 0 Å². The molecule has 1 aromatic rings. The molecule has 1 amide bonds. The minimum absolute atomic E-state index is 0.0501. The van der Waals surface area contributed by atoms with E-state index in [9.17, 15) is 4.79 Å². The third kappa shape index (κ3) is 5.75. The van der Waals surface area contributed by atoms with E-state index >= 15 is 0 Å². The fourth-order valence-corrected chi connectivity index (χ4v) is 1.86. The number of carbonyl (C=O) groups is 1. The number of anilines is 1. The lowest BCUT2D eigenvalue weighted by Gasteiger charge is -2.20. The van der Waals surface area contributed by atoms with Gasteiger partial charge in [-0.3, -0.25) is 9.69 Å². The summed E-state index contributed by atoms with van der Waals surface area (Å²) in [6.07, 6.45) is 0.960. The van der Waals surface area contributed by atoms with Crippen molar-refractivity contribution >= 4 is 28.8 Å². The van der Waals surface area contributed by atoms with Crippen molar-refractivity contribution in [1.82, 2.24) is 4.90 Å². The monoisotopic (exact) mass is 265 g/mol. The largest absolute Gasteiger partial charge is 0.392 e. The molecule has 0 spiro atoms. The molecular weight excluding hydrogens is 246 g/mol. The molecule has 0 aromatic heterocycles. The zero-order valence-electron chi connectivity index (χ0n) is 10.6. The molecule has 3 N–H and O–H groups in total. The molecule has 0 bridgehead atoms. The average Bonchev–Trinajstić information content (AvgIpc) is 2.29. The second-order valence-corrected chi connectivity index (χ2v) is 4.62. The summed E-state index contributed by atoms with van der Waals surface area (Å²) in [6, 6.07) is 9.39. The van der Waals surface area contributed by atoms with Crippen LogP contribution in [0.3, 0.4) is 0 Å². The van der Waals surface area contributed by atoms with Gasteiger partial charge in [0.15, 0.2) is 0 Å². The van der Waals surface area contributed by atoms with Crippen LogP contribution in [0.1, 0.15) is 13.3 Å². The summed E-state index contributed by atoms with van der Waals surface area (Å²) in [4.78, 5) is 14.2. The van der Waals surface area contributed by atoms with Crippen LogP contribution in [-0.2, 0) is 4.79 Å². The van der Waals surface area contributed by atoms with Crippen molar-refractivity contribution in [1.29, 1.82) is 0 Å². The molecule has 0 saturated carbocycles. The van der Waals surface area contributed by atoms with E-state index < -0.39 is 0 Å². The van der Waals surface area contributed by atoms with E-state index in [-0.39, 0.29) is 5.91 Å². The van der Waals surface area contributed by atoms with Crippen molar-refractivity contribution in [3.8, 4) is 0 Å². The average molecular weight is 265 g/mol. The van der Waals surface area contributed by atoms with Crippen LogP contribution in [0.25, 0.3) is 0 Å². The fraction of sp³-hybridized carbons (Fsp3) is 0.385.